The molecule has 240 valence electrons. The molecule has 0 saturated heterocycles. The lowest BCUT2D eigenvalue weighted by atomic mass is 9.62. The highest BCUT2D eigenvalue weighted by molar-refractivity contribution is 5.97. The summed E-state index contributed by atoms with van der Waals surface area (Å²) in [5.41, 5.74) is 1.84. The zero-order valence-electron chi connectivity index (χ0n) is 28.5. The summed E-state index contributed by atoms with van der Waals surface area (Å²) in [5.74, 6) is -0.165. The molecule has 0 aromatic carbocycles. The second-order valence-electron chi connectivity index (χ2n) is 14.3. The third-order valence-corrected chi connectivity index (χ3v) is 8.94. The Balaban J connectivity index is 1.98. The van der Waals surface area contributed by atoms with Crippen LogP contribution in [0.1, 0.15) is 94.9 Å². The van der Waals surface area contributed by atoms with E-state index in [2.05, 4.69) is 13.8 Å². The van der Waals surface area contributed by atoms with E-state index in [9.17, 15) is 24.9 Å². The molecular formula is C39H54O5. The SMILES string of the molecule is CC1=CC(=O)CC(C)(C)[C@@]1(O)CC(=O)/C(C)=C/C=C/C(C)=C/C=C/C=C(C)/C=C/C=C(C)/C=C1/C(C)(C)C[C@H](O)CC1(C)O. The average Bonchev–Trinajstić information content (AvgIpc) is 2.86. The van der Waals surface area contributed by atoms with Gasteiger partial charge in [0.25, 0.3) is 0 Å². The van der Waals surface area contributed by atoms with Crippen LogP contribution in [0.3, 0.4) is 0 Å². The van der Waals surface area contributed by atoms with Gasteiger partial charge in [0, 0.05) is 24.7 Å². The summed E-state index contributed by atoms with van der Waals surface area (Å²) in [6.45, 7) is 19.1. The standard InChI is InChI=1S/C39H54O5/c1-27(17-13-19-29(3)21-35-36(6,7)23-33(41)25-38(35,10)43)15-11-12-16-28(2)18-14-20-30(4)34(42)26-39(44)31(5)22-32(40)24-37(39,8)9/h11-22,33,41,43-44H,23-26H2,1-10H3/b12-11+,17-13+,18-14+,27-15+,28-16+,29-19+,30-20+,35-21-/t33-,38?,39+/m0/s1. The number of ketones is 2. The zero-order chi connectivity index (χ0) is 33.5. The molecule has 2 aliphatic carbocycles. The largest absolute Gasteiger partial charge is 0.393 e. The van der Waals surface area contributed by atoms with Crippen LogP contribution in [0.4, 0.5) is 0 Å². The van der Waals surface area contributed by atoms with Gasteiger partial charge in [-0.1, -0.05) is 111 Å². The van der Waals surface area contributed by atoms with Crippen molar-refractivity contribution in [1.82, 2.24) is 0 Å². The van der Waals surface area contributed by atoms with Crippen LogP contribution in [0, 0.1) is 10.8 Å². The molecule has 2 rings (SSSR count). The van der Waals surface area contributed by atoms with Gasteiger partial charge in [-0.25, -0.2) is 0 Å². The minimum absolute atomic E-state index is 0.0204. The predicted octanol–water partition coefficient (Wildman–Crippen LogP) is 7.93. The van der Waals surface area contributed by atoms with Crippen LogP contribution in [-0.2, 0) is 9.59 Å². The second kappa shape index (κ2) is 14.8. The highest BCUT2D eigenvalue weighted by Crippen LogP contribution is 2.47. The molecule has 0 heterocycles. The van der Waals surface area contributed by atoms with Crippen LogP contribution < -0.4 is 0 Å². The summed E-state index contributed by atoms with van der Waals surface area (Å²) in [4.78, 5) is 24.9. The lowest BCUT2D eigenvalue weighted by Gasteiger charge is -2.45. The number of carbonyl (C=O) groups is 2. The Kier molecular flexibility index (Phi) is 12.4. The maximum atomic E-state index is 12.9. The van der Waals surface area contributed by atoms with Crippen LogP contribution >= 0.6 is 0 Å². The smallest absolute Gasteiger partial charge is 0.161 e. The molecule has 0 radical (unpaired) electrons. The third kappa shape index (κ3) is 9.95. The van der Waals surface area contributed by atoms with Gasteiger partial charge in [0.1, 0.15) is 0 Å². The van der Waals surface area contributed by atoms with E-state index in [0.29, 0.717) is 24.0 Å². The minimum Gasteiger partial charge on any atom is -0.393 e. The number of aliphatic hydroxyl groups is 3. The molecule has 1 saturated carbocycles. The number of aliphatic hydroxyl groups excluding tert-OH is 1. The first-order valence-electron chi connectivity index (χ1n) is 15.5. The normalized spacial score (nSPS) is 29.8. The van der Waals surface area contributed by atoms with Gasteiger partial charge in [-0.3, -0.25) is 9.59 Å². The van der Waals surface area contributed by atoms with Crippen molar-refractivity contribution in [3.8, 4) is 0 Å². The first-order valence-corrected chi connectivity index (χ1v) is 15.5. The van der Waals surface area contributed by atoms with Gasteiger partial charge in [0.15, 0.2) is 11.6 Å². The Bertz CT molecular complexity index is 1360. The molecule has 3 N–H and O–H groups in total. The van der Waals surface area contributed by atoms with Gasteiger partial charge < -0.3 is 15.3 Å². The van der Waals surface area contributed by atoms with Gasteiger partial charge >= 0.3 is 0 Å². The van der Waals surface area contributed by atoms with Crippen LogP contribution in [0.2, 0.25) is 0 Å². The number of rotatable bonds is 10. The molecule has 3 atom stereocenters. The number of Topliss-reactive ketones (excluding diaryl/α,β-unsaturated/α-hetero) is 1. The van der Waals surface area contributed by atoms with E-state index in [1.54, 1.807) is 26.8 Å². The molecule has 0 spiro atoms. The summed E-state index contributed by atoms with van der Waals surface area (Å²) >= 11 is 0. The molecule has 2 aliphatic rings. The fourth-order valence-electron chi connectivity index (χ4n) is 6.29. The number of carbonyl (C=O) groups excluding carboxylic acids is 2. The first-order chi connectivity index (χ1) is 20.2. The van der Waals surface area contributed by atoms with E-state index >= 15 is 0 Å². The van der Waals surface area contributed by atoms with E-state index in [1.165, 1.54) is 6.08 Å². The van der Waals surface area contributed by atoms with Crippen molar-refractivity contribution in [2.75, 3.05) is 0 Å². The molecule has 1 fully saturated rings. The minimum atomic E-state index is -1.34. The molecule has 1 unspecified atom stereocenters. The number of hydrogen-bond donors (Lipinski definition) is 3. The van der Waals surface area contributed by atoms with Crippen LogP contribution in [0.25, 0.3) is 0 Å². The second-order valence-corrected chi connectivity index (χ2v) is 14.3. The molecule has 44 heavy (non-hydrogen) atoms. The summed E-state index contributed by atoms with van der Waals surface area (Å²) in [7, 11) is 0. The van der Waals surface area contributed by atoms with Crippen molar-refractivity contribution in [3.05, 3.63) is 106 Å². The third-order valence-electron chi connectivity index (χ3n) is 8.94. The van der Waals surface area contributed by atoms with Crippen molar-refractivity contribution < 1.29 is 24.9 Å². The predicted molar refractivity (Wildman–Crippen MR) is 182 cm³/mol. The molecule has 0 aromatic heterocycles. The molecule has 5 heteroatoms. The quantitative estimate of drug-likeness (QED) is 0.174. The Hall–Kier alpha value is -3.12. The Morgan fingerprint density at radius 3 is 1.89 bits per heavy atom. The maximum Gasteiger partial charge on any atom is 0.161 e. The fourth-order valence-corrected chi connectivity index (χ4v) is 6.29. The van der Waals surface area contributed by atoms with Crippen molar-refractivity contribution in [3.63, 3.8) is 0 Å². The summed E-state index contributed by atoms with van der Waals surface area (Å²) in [5, 5.41) is 32.4. The van der Waals surface area contributed by atoms with Gasteiger partial charge in [-0.2, -0.15) is 0 Å². The van der Waals surface area contributed by atoms with Crippen molar-refractivity contribution >= 4 is 11.6 Å². The Morgan fingerprint density at radius 2 is 1.36 bits per heavy atom. The van der Waals surface area contributed by atoms with E-state index in [0.717, 1.165) is 22.3 Å². The molecule has 0 aromatic rings. The highest BCUT2D eigenvalue weighted by atomic mass is 16.3. The Labute approximate surface area is 265 Å². The van der Waals surface area contributed by atoms with E-state index in [-0.39, 0.29) is 29.8 Å². The van der Waals surface area contributed by atoms with E-state index in [1.807, 2.05) is 95.4 Å². The lowest BCUT2D eigenvalue weighted by molar-refractivity contribution is -0.132. The van der Waals surface area contributed by atoms with Crippen molar-refractivity contribution in [1.29, 1.82) is 0 Å². The van der Waals surface area contributed by atoms with Crippen LogP contribution in [0.5, 0.6) is 0 Å². The summed E-state index contributed by atoms with van der Waals surface area (Å²) < 4.78 is 0. The highest BCUT2D eigenvalue weighted by Gasteiger charge is 2.49. The van der Waals surface area contributed by atoms with Crippen LogP contribution in [0.15, 0.2) is 106 Å². The van der Waals surface area contributed by atoms with Crippen LogP contribution in [-0.4, -0.2) is 44.2 Å². The summed E-state index contributed by atoms with van der Waals surface area (Å²) in [6, 6.07) is 0. The van der Waals surface area contributed by atoms with E-state index in [4.69, 9.17) is 0 Å². The number of allylic oxidation sites excluding steroid dienone is 16. The maximum absolute atomic E-state index is 12.9. The monoisotopic (exact) mass is 602 g/mol. The van der Waals surface area contributed by atoms with Crippen molar-refractivity contribution in [2.45, 2.75) is 112 Å². The first kappa shape index (κ1) is 37.1. The zero-order valence-corrected chi connectivity index (χ0v) is 28.5. The molecule has 0 bridgehead atoms. The number of hydrogen-bond acceptors (Lipinski definition) is 5. The van der Waals surface area contributed by atoms with Crippen molar-refractivity contribution in [2.24, 2.45) is 10.8 Å². The topological polar surface area (TPSA) is 94.8 Å². The van der Waals surface area contributed by atoms with E-state index < -0.39 is 22.7 Å². The molecule has 0 aliphatic heterocycles. The molecule has 5 nitrogen and oxygen atoms in total. The summed E-state index contributed by atoms with van der Waals surface area (Å²) in [6.07, 6.45) is 23.7. The lowest BCUT2D eigenvalue weighted by Crippen LogP contribution is -2.50. The van der Waals surface area contributed by atoms with Gasteiger partial charge in [-0.15, -0.1) is 0 Å². The molecule has 0 amide bonds. The van der Waals surface area contributed by atoms with Gasteiger partial charge in [0.05, 0.1) is 17.3 Å². The Morgan fingerprint density at radius 1 is 0.841 bits per heavy atom. The van der Waals surface area contributed by atoms with Gasteiger partial charge in [0.2, 0.25) is 0 Å². The van der Waals surface area contributed by atoms with Gasteiger partial charge in [-0.05, 0) is 76.2 Å². The fraction of sp³-hybridized carbons (Fsp3) is 0.487. The molecular weight excluding hydrogens is 548 g/mol. The average molecular weight is 603 g/mol.